The lowest BCUT2D eigenvalue weighted by molar-refractivity contribution is -0.154. The number of likely N-dealkylation sites (N-methyl/N-ethyl adjacent to an activating group) is 1. The van der Waals surface area contributed by atoms with E-state index >= 15 is 0 Å². The first kappa shape index (κ1) is 16.8. The maximum atomic E-state index is 12.4. The van der Waals surface area contributed by atoms with Crippen LogP contribution in [-0.2, 0) is 9.53 Å². The van der Waals surface area contributed by atoms with Crippen LogP contribution in [-0.4, -0.2) is 39.8 Å². The average molecular weight is 285 g/mol. The van der Waals surface area contributed by atoms with Gasteiger partial charge in [-0.3, -0.25) is 4.90 Å². The quantitative estimate of drug-likeness (QED) is 0.860. The van der Waals surface area contributed by atoms with Crippen LogP contribution in [0.5, 0.6) is 0 Å². The van der Waals surface area contributed by atoms with Crippen molar-refractivity contribution in [2.45, 2.75) is 71.4 Å². The molecule has 2 atom stereocenters. The normalized spacial score (nSPS) is 26.4. The summed E-state index contributed by atoms with van der Waals surface area (Å²) in [6.07, 6.45) is 2.42. The number of aliphatic carboxylic acids is 1. The van der Waals surface area contributed by atoms with Crippen LogP contribution in [0.3, 0.4) is 0 Å². The van der Waals surface area contributed by atoms with Gasteiger partial charge in [0.05, 0.1) is 0 Å². The molecule has 1 aliphatic rings. The lowest BCUT2D eigenvalue weighted by Crippen LogP contribution is -2.60. The number of carbonyl (C=O) groups is 2. The van der Waals surface area contributed by atoms with Gasteiger partial charge in [-0.2, -0.15) is 0 Å². The van der Waals surface area contributed by atoms with E-state index in [1.54, 1.807) is 27.7 Å². The summed E-state index contributed by atoms with van der Waals surface area (Å²) in [4.78, 5) is 25.7. The SMILES string of the molecule is CCC1CCCC1(C(=O)O)N(CC)C(=O)OC(C)(C)C. The second-order valence-corrected chi connectivity index (χ2v) is 6.45. The van der Waals surface area contributed by atoms with Gasteiger partial charge in [0.1, 0.15) is 11.1 Å². The number of carboxylic acid groups (broad SMARTS) is 1. The van der Waals surface area contributed by atoms with Gasteiger partial charge in [0, 0.05) is 6.54 Å². The Labute approximate surface area is 121 Å². The molecule has 1 amide bonds. The monoisotopic (exact) mass is 285 g/mol. The summed E-state index contributed by atoms with van der Waals surface area (Å²) in [6.45, 7) is 9.50. The standard InChI is InChI=1S/C15H27NO4/c1-6-11-9-8-10-15(11,12(17)18)16(7-2)13(19)20-14(3,4)5/h11H,6-10H2,1-5H3,(H,17,18). The van der Waals surface area contributed by atoms with Crippen LogP contribution < -0.4 is 0 Å². The molecule has 0 spiro atoms. The van der Waals surface area contributed by atoms with Gasteiger partial charge in [-0.1, -0.05) is 19.8 Å². The molecule has 1 aliphatic carbocycles. The molecule has 0 aromatic heterocycles. The Morgan fingerprint density at radius 1 is 1.35 bits per heavy atom. The number of hydrogen-bond donors (Lipinski definition) is 1. The van der Waals surface area contributed by atoms with Crippen LogP contribution in [0.2, 0.25) is 0 Å². The van der Waals surface area contributed by atoms with E-state index in [1.165, 1.54) is 4.90 Å². The van der Waals surface area contributed by atoms with E-state index in [0.717, 1.165) is 19.3 Å². The van der Waals surface area contributed by atoms with Gasteiger partial charge in [-0.25, -0.2) is 9.59 Å². The predicted octanol–water partition coefficient (Wildman–Crippen LogP) is 3.28. The van der Waals surface area contributed by atoms with Gasteiger partial charge in [-0.15, -0.1) is 0 Å². The van der Waals surface area contributed by atoms with Crippen LogP contribution in [0.4, 0.5) is 4.79 Å². The summed E-state index contributed by atoms with van der Waals surface area (Å²) in [5.41, 5.74) is -1.73. The number of nitrogens with zero attached hydrogens (tertiary/aromatic N) is 1. The molecule has 5 nitrogen and oxygen atoms in total. The number of ether oxygens (including phenoxy) is 1. The minimum absolute atomic E-state index is 0.00697. The van der Waals surface area contributed by atoms with E-state index in [1.807, 2.05) is 6.92 Å². The molecule has 0 heterocycles. The Balaban J connectivity index is 3.11. The van der Waals surface area contributed by atoms with E-state index in [-0.39, 0.29) is 5.92 Å². The lowest BCUT2D eigenvalue weighted by atomic mass is 9.83. The first-order valence-corrected chi connectivity index (χ1v) is 7.43. The van der Waals surface area contributed by atoms with Crippen molar-refractivity contribution in [2.75, 3.05) is 6.54 Å². The highest BCUT2D eigenvalue weighted by atomic mass is 16.6. The second kappa shape index (κ2) is 6.02. The third-order valence-corrected chi connectivity index (χ3v) is 4.06. The highest BCUT2D eigenvalue weighted by Gasteiger charge is 2.54. The van der Waals surface area contributed by atoms with E-state index in [2.05, 4.69) is 0 Å². The molecule has 0 aromatic carbocycles. The molecule has 1 fully saturated rings. The molecule has 2 unspecified atom stereocenters. The molecule has 1 rings (SSSR count). The molecular formula is C15H27NO4. The van der Waals surface area contributed by atoms with E-state index in [9.17, 15) is 14.7 Å². The van der Waals surface area contributed by atoms with Gasteiger partial charge in [0.2, 0.25) is 0 Å². The van der Waals surface area contributed by atoms with Crippen LogP contribution in [0.15, 0.2) is 0 Å². The molecule has 0 bridgehead atoms. The van der Waals surface area contributed by atoms with Gasteiger partial charge in [0.15, 0.2) is 0 Å². The summed E-state index contributed by atoms with van der Waals surface area (Å²) < 4.78 is 5.39. The fourth-order valence-corrected chi connectivity index (χ4v) is 3.25. The number of carboxylic acids is 1. The van der Waals surface area contributed by atoms with E-state index < -0.39 is 23.2 Å². The van der Waals surface area contributed by atoms with Gasteiger partial charge in [-0.05, 0) is 46.5 Å². The Bertz CT molecular complexity index is 375. The predicted molar refractivity (Wildman–Crippen MR) is 76.6 cm³/mol. The van der Waals surface area contributed by atoms with E-state index in [0.29, 0.717) is 13.0 Å². The zero-order valence-electron chi connectivity index (χ0n) is 13.2. The van der Waals surface area contributed by atoms with Crippen molar-refractivity contribution >= 4 is 12.1 Å². The van der Waals surface area contributed by atoms with Crippen LogP contribution in [0, 0.1) is 5.92 Å². The summed E-state index contributed by atoms with van der Waals surface area (Å²) in [6, 6.07) is 0. The van der Waals surface area contributed by atoms with Crippen molar-refractivity contribution in [1.29, 1.82) is 0 Å². The molecule has 5 heteroatoms. The smallest absolute Gasteiger partial charge is 0.411 e. The number of carbonyl (C=O) groups excluding carboxylic acids is 1. The minimum Gasteiger partial charge on any atom is -0.479 e. The maximum absolute atomic E-state index is 12.4. The van der Waals surface area contributed by atoms with E-state index in [4.69, 9.17) is 4.74 Å². The van der Waals surface area contributed by atoms with Crippen molar-refractivity contribution in [3.63, 3.8) is 0 Å². The second-order valence-electron chi connectivity index (χ2n) is 6.45. The van der Waals surface area contributed by atoms with Crippen molar-refractivity contribution in [2.24, 2.45) is 5.92 Å². The summed E-state index contributed by atoms with van der Waals surface area (Å²) >= 11 is 0. The Kier molecular flexibility index (Phi) is 5.05. The van der Waals surface area contributed by atoms with Gasteiger partial charge in [0.25, 0.3) is 0 Å². The number of amides is 1. The molecule has 1 saturated carbocycles. The first-order chi connectivity index (χ1) is 9.19. The van der Waals surface area contributed by atoms with Crippen molar-refractivity contribution in [3.8, 4) is 0 Å². The van der Waals surface area contributed by atoms with Crippen molar-refractivity contribution < 1.29 is 19.4 Å². The molecule has 0 radical (unpaired) electrons. The van der Waals surface area contributed by atoms with Crippen LogP contribution in [0.1, 0.15) is 60.3 Å². The van der Waals surface area contributed by atoms with Crippen LogP contribution in [0.25, 0.3) is 0 Å². The highest BCUT2D eigenvalue weighted by Crippen LogP contribution is 2.43. The molecule has 0 aromatic rings. The lowest BCUT2D eigenvalue weighted by Gasteiger charge is -2.41. The molecule has 116 valence electrons. The average Bonchev–Trinajstić information content (AvgIpc) is 2.72. The fourth-order valence-electron chi connectivity index (χ4n) is 3.25. The Morgan fingerprint density at radius 2 is 1.95 bits per heavy atom. The first-order valence-electron chi connectivity index (χ1n) is 7.43. The third-order valence-electron chi connectivity index (χ3n) is 4.06. The summed E-state index contributed by atoms with van der Waals surface area (Å²) in [5.74, 6) is -0.915. The summed E-state index contributed by atoms with van der Waals surface area (Å²) in [5, 5.41) is 9.76. The minimum atomic E-state index is -1.11. The highest BCUT2D eigenvalue weighted by molar-refractivity contribution is 5.85. The van der Waals surface area contributed by atoms with Crippen molar-refractivity contribution in [3.05, 3.63) is 0 Å². The van der Waals surface area contributed by atoms with Crippen molar-refractivity contribution in [1.82, 2.24) is 4.90 Å². The maximum Gasteiger partial charge on any atom is 0.411 e. The van der Waals surface area contributed by atoms with Crippen LogP contribution >= 0.6 is 0 Å². The zero-order valence-corrected chi connectivity index (χ0v) is 13.2. The zero-order chi connectivity index (χ0) is 15.6. The largest absolute Gasteiger partial charge is 0.479 e. The Hall–Kier alpha value is -1.26. The topological polar surface area (TPSA) is 66.8 Å². The van der Waals surface area contributed by atoms with Gasteiger partial charge >= 0.3 is 12.1 Å². The molecule has 0 aliphatic heterocycles. The number of rotatable bonds is 4. The van der Waals surface area contributed by atoms with Gasteiger partial charge < -0.3 is 9.84 Å². The number of hydrogen-bond acceptors (Lipinski definition) is 3. The summed E-state index contributed by atoms with van der Waals surface area (Å²) in [7, 11) is 0. The third kappa shape index (κ3) is 3.07. The Morgan fingerprint density at radius 3 is 2.35 bits per heavy atom. The molecule has 20 heavy (non-hydrogen) atoms. The molecule has 0 saturated heterocycles. The molecular weight excluding hydrogens is 258 g/mol. The fraction of sp³-hybridized carbons (Fsp3) is 0.867. The molecule has 1 N–H and O–H groups in total.